The van der Waals surface area contributed by atoms with Crippen molar-refractivity contribution in [3.05, 3.63) is 65.5 Å². The van der Waals surface area contributed by atoms with Crippen molar-refractivity contribution in [3.63, 3.8) is 0 Å². The van der Waals surface area contributed by atoms with Gasteiger partial charge < -0.3 is 14.2 Å². The van der Waals surface area contributed by atoms with Gasteiger partial charge in [-0.05, 0) is 42.4 Å². The number of carbonyl (C=O) groups excluding carboxylic acids is 1. The quantitative estimate of drug-likeness (QED) is 0.512. The van der Waals surface area contributed by atoms with E-state index in [-0.39, 0.29) is 11.8 Å². The minimum atomic E-state index is 0.0788. The van der Waals surface area contributed by atoms with E-state index in [0.717, 1.165) is 36.3 Å². The number of nitrogens with zero attached hydrogens (tertiary/aromatic N) is 3. The predicted octanol–water partition coefficient (Wildman–Crippen LogP) is 5.21. The molecule has 0 spiro atoms. The number of benzene rings is 2. The van der Waals surface area contributed by atoms with E-state index in [1.165, 1.54) is 5.56 Å². The van der Waals surface area contributed by atoms with Gasteiger partial charge in [0, 0.05) is 25.1 Å². The van der Waals surface area contributed by atoms with Gasteiger partial charge in [-0.2, -0.15) is 4.98 Å². The lowest BCUT2D eigenvalue weighted by Crippen LogP contribution is -2.39. The summed E-state index contributed by atoms with van der Waals surface area (Å²) in [5.41, 5.74) is 3.29. The number of amides is 1. The van der Waals surface area contributed by atoms with Crippen LogP contribution in [0.5, 0.6) is 5.75 Å². The number of hydrogen-bond donors (Lipinski definition) is 0. The Hall–Kier alpha value is -3.15. The lowest BCUT2D eigenvalue weighted by molar-refractivity contribution is -0.132. The minimum absolute atomic E-state index is 0.0788. The van der Waals surface area contributed by atoms with Gasteiger partial charge in [0.05, 0.1) is 13.0 Å². The van der Waals surface area contributed by atoms with Crippen molar-refractivity contribution in [1.29, 1.82) is 0 Å². The number of piperidine rings is 1. The molecule has 1 saturated heterocycles. The summed E-state index contributed by atoms with van der Waals surface area (Å²) in [7, 11) is 1.66. The van der Waals surface area contributed by atoms with Gasteiger partial charge in [0.2, 0.25) is 17.6 Å². The normalized spacial score (nSPS) is 16.4. The van der Waals surface area contributed by atoms with Crippen molar-refractivity contribution in [3.8, 4) is 17.1 Å². The molecule has 6 heteroatoms. The van der Waals surface area contributed by atoms with Crippen molar-refractivity contribution in [2.45, 2.75) is 51.4 Å². The Labute approximate surface area is 189 Å². The van der Waals surface area contributed by atoms with E-state index in [9.17, 15) is 4.79 Å². The molecule has 6 nitrogen and oxygen atoms in total. The zero-order valence-corrected chi connectivity index (χ0v) is 19.1. The fraction of sp³-hybridized carbons (Fsp3) is 0.423. The van der Waals surface area contributed by atoms with E-state index in [2.05, 4.69) is 36.1 Å². The van der Waals surface area contributed by atoms with Crippen LogP contribution < -0.4 is 4.74 Å². The highest BCUT2D eigenvalue weighted by molar-refractivity contribution is 5.76. The SMILES string of the molecule is COc1ccccc1CCC(=O)N1CCCC(c2nc(-c3ccc(C(C)C)cc3)no2)C1. The standard InChI is InChI=1S/C26H31N3O3/c1-18(2)19-10-12-21(13-11-19)25-27-26(32-28-25)22-8-6-16-29(17-22)24(30)15-14-20-7-4-5-9-23(20)31-3/h4-5,7,9-13,18,22H,6,8,14-17H2,1-3H3. The van der Waals surface area contributed by atoms with E-state index in [1.54, 1.807) is 7.11 Å². The molecule has 1 fully saturated rings. The summed E-state index contributed by atoms with van der Waals surface area (Å²) >= 11 is 0. The van der Waals surface area contributed by atoms with Crippen LogP contribution in [0.2, 0.25) is 0 Å². The second-order valence-electron chi connectivity index (χ2n) is 8.72. The number of aromatic nitrogens is 2. The molecule has 0 saturated carbocycles. The molecular weight excluding hydrogens is 402 g/mol. The fourth-order valence-electron chi connectivity index (χ4n) is 4.25. The number of hydrogen-bond acceptors (Lipinski definition) is 5. The molecule has 0 radical (unpaired) electrons. The smallest absolute Gasteiger partial charge is 0.231 e. The van der Waals surface area contributed by atoms with Crippen LogP contribution in [0.25, 0.3) is 11.4 Å². The summed E-state index contributed by atoms with van der Waals surface area (Å²) in [4.78, 5) is 19.5. The summed E-state index contributed by atoms with van der Waals surface area (Å²) in [6.45, 7) is 5.75. The molecule has 32 heavy (non-hydrogen) atoms. The molecule has 1 unspecified atom stereocenters. The molecule has 1 aromatic heterocycles. The Morgan fingerprint density at radius 3 is 2.72 bits per heavy atom. The molecule has 1 atom stereocenters. The predicted molar refractivity (Wildman–Crippen MR) is 124 cm³/mol. The minimum Gasteiger partial charge on any atom is -0.496 e. The van der Waals surface area contributed by atoms with Gasteiger partial charge in [0.1, 0.15) is 5.75 Å². The highest BCUT2D eigenvalue weighted by Gasteiger charge is 2.28. The second kappa shape index (κ2) is 9.98. The Bertz CT molecular complexity index is 1040. The Balaban J connectivity index is 1.38. The highest BCUT2D eigenvalue weighted by atomic mass is 16.5. The van der Waals surface area contributed by atoms with E-state index in [0.29, 0.717) is 37.0 Å². The molecule has 0 aliphatic carbocycles. The van der Waals surface area contributed by atoms with Gasteiger partial charge >= 0.3 is 0 Å². The molecule has 0 bridgehead atoms. The van der Waals surface area contributed by atoms with Crippen molar-refractivity contribution in [2.75, 3.05) is 20.2 Å². The number of likely N-dealkylation sites (tertiary alicyclic amines) is 1. The van der Waals surface area contributed by atoms with Gasteiger partial charge in [-0.1, -0.05) is 61.5 Å². The summed E-state index contributed by atoms with van der Waals surface area (Å²) in [6.07, 6.45) is 3.02. The molecule has 1 amide bonds. The monoisotopic (exact) mass is 433 g/mol. The Morgan fingerprint density at radius 2 is 1.97 bits per heavy atom. The number of methoxy groups -OCH3 is 1. The first kappa shape index (κ1) is 22.1. The second-order valence-corrected chi connectivity index (χ2v) is 8.72. The van der Waals surface area contributed by atoms with Gasteiger partial charge in [-0.15, -0.1) is 0 Å². The summed E-state index contributed by atoms with van der Waals surface area (Å²) in [5.74, 6) is 2.78. The van der Waals surface area contributed by atoms with Crippen LogP contribution in [0.4, 0.5) is 0 Å². The third-order valence-electron chi connectivity index (χ3n) is 6.20. The Kier molecular flexibility index (Phi) is 6.88. The molecule has 1 aliphatic heterocycles. The maximum absolute atomic E-state index is 12.9. The molecule has 168 valence electrons. The first-order valence-corrected chi connectivity index (χ1v) is 11.4. The zero-order chi connectivity index (χ0) is 22.5. The summed E-state index contributed by atoms with van der Waals surface area (Å²) < 4.78 is 11.0. The topological polar surface area (TPSA) is 68.5 Å². The van der Waals surface area contributed by atoms with Gasteiger partial charge in [0.15, 0.2) is 0 Å². The molecule has 2 aromatic carbocycles. The number of para-hydroxylation sites is 1. The molecule has 1 aliphatic rings. The number of rotatable bonds is 7. The van der Waals surface area contributed by atoms with E-state index in [4.69, 9.17) is 9.26 Å². The Morgan fingerprint density at radius 1 is 1.19 bits per heavy atom. The number of aryl methyl sites for hydroxylation is 1. The third kappa shape index (κ3) is 5.01. The first-order valence-electron chi connectivity index (χ1n) is 11.4. The summed E-state index contributed by atoms with van der Waals surface area (Å²) in [6, 6.07) is 16.2. The van der Waals surface area contributed by atoms with Crippen LogP contribution >= 0.6 is 0 Å². The average molecular weight is 434 g/mol. The fourth-order valence-corrected chi connectivity index (χ4v) is 4.25. The van der Waals surface area contributed by atoms with E-state index >= 15 is 0 Å². The van der Waals surface area contributed by atoms with Crippen LogP contribution in [-0.4, -0.2) is 41.1 Å². The molecule has 2 heterocycles. The largest absolute Gasteiger partial charge is 0.496 e. The van der Waals surface area contributed by atoms with Gasteiger partial charge in [0.25, 0.3) is 0 Å². The average Bonchev–Trinajstić information content (AvgIpc) is 3.33. The highest BCUT2D eigenvalue weighted by Crippen LogP contribution is 2.29. The van der Waals surface area contributed by atoms with Crippen LogP contribution in [0, 0.1) is 0 Å². The number of ether oxygens (including phenoxy) is 1. The van der Waals surface area contributed by atoms with Crippen LogP contribution in [0.1, 0.15) is 62.0 Å². The molecular formula is C26H31N3O3. The third-order valence-corrected chi connectivity index (χ3v) is 6.20. The maximum atomic E-state index is 12.9. The zero-order valence-electron chi connectivity index (χ0n) is 19.1. The van der Waals surface area contributed by atoms with Crippen molar-refractivity contribution >= 4 is 5.91 Å². The lowest BCUT2D eigenvalue weighted by Gasteiger charge is -2.31. The van der Waals surface area contributed by atoms with Crippen molar-refractivity contribution < 1.29 is 14.1 Å². The van der Waals surface area contributed by atoms with E-state index < -0.39 is 0 Å². The van der Waals surface area contributed by atoms with Crippen LogP contribution in [0.15, 0.2) is 53.1 Å². The molecule has 0 N–H and O–H groups in total. The number of carbonyl (C=O) groups is 1. The first-order chi connectivity index (χ1) is 15.5. The van der Waals surface area contributed by atoms with Crippen molar-refractivity contribution in [1.82, 2.24) is 15.0 Å². The molecule has 3 aromatic rings. The summed E-state index contributed by atoms with van der Waals surface area (Å²) in [5, 5.41) is 4.20. The van der Waals surface area contributed by atoms with Gasteiger partial charge in [-0.3, -0.25) is 4.79 Å². The molecule has 4 rings (SSSR count). The maximum Gasteiger partial charge on any atom is 0.231 e. The van der Waals surface area contributed by atoms with Crippen LogP contribution in [0.3, 0.4) is 0 Å². The lowest BCUT2D eigenvalue weighted by atomic mass is 9.97. The van der Waals surface area contributed by atoms with Crippen molar-refractivity contribution in [2.24, 2.45) is 0 Å². The van der Waals surface area contributed by atoms with E-state index in [1.807, 2.05) is 41.3 Å². The van der Waals surface area contributed by atoms with Gasteiger partial charge in [-0.25, -0.2) is 0 Å². The van der Waals surface area contributed by atoms with Crippen LogP contribution in [-0.2, 0) is 11.2 Å².